The highest BCUT2D eigenvalue weighted by Crippen LogP contribution is 2.33. The second-order valence-corrected chi connectivity index (χ2v) is 8.63. The van der Waals surface area contributed by atoms with Gasteiger partial charge in [-0.2, -0.15) is 28.3 Å². The summed E-state index contributed by atoms with van der Waals surface area (Å²) >= 11 is 0. The lowest BCUT2D eigenvalue weighted by Crippen LogP contribution is -2.45. The first-order valence-corrected chi connectivity index (χ1v) is 11.8. The van der Waals surface area contributed by atoms with E-state index >= 15 is 0 Å². The molecule has 0 bridgehead atoms. The Hall–Kier alpha value is -4.63. The molecule has 1 N–H and O–H groups in total. The van der Waals surface area contributed by atoms with Gasteiger partial charge in [-0.25, -0.2) is 4.79 Å². The molecule has 1 saturated heterocycles. The highest BCUT2D eigenvalue weighted by atomic mass is 19.4. The minimum absolute atomic E-state index is 0.0888. The van der Waals surface area contributed by atoms with Gasteiger partial charge in [-0.05, 0) is 23.8 Å². The number of hydrogen-bond donors (Lipinski definition) is 1. The Kier molecular flexibility index (Phi) is 6.85. The fraction of sp³-hybridized carbons (Fsp3) is 0.231. The number of anilines is 1. The summed E-state index contributed by atoms with van der Waals surface area (Å²) in [6, 6.07) is 16.5. The number of aromatic nitrogens is 4. The van der Waals surface area contributed by atoms with Crippen molar-refractivity contribution >= 4 is 11.8 Å². The predicted molar refractivity (Wildman–Crippen MR) is 132 cm³/mol. The molecule has 0 atom stereocenters. The highest BCUT2D eigenvalue weighted by molar-refractivity contribution is 5.79. The average molecular weight is 522 g/mol. The van der Waals surface area contributed by atoms with E-state index in [0.717, 1.165) is 10.3 Å². The largest absolute Gasteiger partial charge is 0.493 e. The first-order valence-electron chi connectivity index (χ1n) is 11.8. The van der Waals surface area contributed by atoms with Crippen molar-refractivity contribution in [2.75, 3.05) is 31.1 Å². The van der Waals surface area contributed by atoms with Gasteiger partial charge in [-0.1, -0.05) is 30.3 Å². The van der Waals surface area contributed by atoms with Crippen LogP contribution in [0.25, 0.3) is 22.5 Å². The summed E-state index contributed by atoms with van der Waals surface area (Å²) in [5.41, 5.74) is 2.89. The normalized spacial score (nSPS) is 13.8. The van der Waals surface area contributed by atoms with Crippen LogP contribution in [0, 0.1) is 11.3 Å². The van der Waals surface area contributed by atoms with E-state index < -0.39 is 12.1 Å². The van der Waals surface area contributed by atoms with Crippen molar-refractivity contribution in [1.29, 1.82) is 5.26 Å². The molecule has 0 amide bonds. The zero-order valence-corrected chi connectivity index (χ0v) is 20.0. The molecule has 4 heterocycles. The number of nitriles is 1. The molecule has 0 saturated carbocycles. The molecule has 9 nitrogen and oxygen atoms in total. The molecule has 1 fully saturated rings. The number of halogens is 3. The summed E-state index contributed by atoms with van der Waals surface area (Å²) in [6.07, 6.45) is -0.260. The van der Waals surface area contributed by atoms with Crippen molar-refractivity contribution < 1.29 is 22.8 Å². The van der Waals surface area contributed by atoms with Crippen LogP contribution in [-0.4, -0.2) is 57.8 Å². The van der Waals surface area contributed by atoms with Gasteiger partial charge < -0.3 is 15.1 Å². The van der Waals surface area contributed by atoms with E-state index in [1.807, 2.05) is 42.6 Å². The van der Waals surface area contributed by atoms with Crippen LogP contribution in [-0.2, 0) is 11.3 Å². The van der Waals surface area contributed by atoms with Crippen LogP contribution in [0.15, 0.2) is 67.1 Å². The van der Waals surface area contributed by atoms with E-state index in [0.29, 0.717) is 49.5 Å². The maximum absolute atomic E-state index is 13.2. The number of pyridine rings is 1. The van der Waals surface area contributed by atoms with Crippen molar-refractivity contribution in [2.45, 2.75) is 12.7 Å². The molecule has 194 valence electrons. The smallest absolute Gasteiger partial charge is 0.352 e. The summed E-state index contributed by atoms with van der Waals surface area (Å²) in [5.74, 6) is -2.29. The topological polar surface area (TPSA) is 101 Å². The van der Waals surface area contributed by atoms with E-state index in [1.165, 1.54) is 12.3 Å². The maximum Gasteiger partial charge on any atom is 0.493 e. The minimum atomic E-state index is -5.22. The monoisotopic (exact) mass is 521 g/mol. The Balaban J connectivity index is 1.53. The van der Waals surface area contributed by atoms with Gasteiger partial charge in [0.15, 0.2) is 5.82 Å². The molecule has 12 heteroatoms. The van der Waals surface area contributed by atoms with Gasteiger partial charge in [0.2, 0.25) is 0 Å². The molecular weight excluding hydrogens is 499 g/mol. The van der Waals surface area contributed by atoms with Crippen LogP contribution >= 0.6 is 0 Å². The standard InChI is InChI=1S/C26H22F3N7O2/c27-26(28,29)25(37)38-36-23(13-20(14-30)24(36)34-10-8-31-9-11-34)19-6-7-32-22(12-19)21-15-33-35(17-21)16-18-4-2-1-3-5-18/h1-7,12-13,15,17,31H,8-11,16H2. The Morgan fingerprint density at radius 3 is 2.58 bits per heavy atom. The molecule has 1 aliphatic heterocycles. The van der Waals surface area contributed by atoms with E-state index in [2.05, 4.69) is 15.4 Å². The van der Waals surface area contributed by atoms with Gasteiger partial charge >= 0.3 is 12.1 Å². The number of benzene rings is 1. The van der Waals surface area contributed by atoms with Crippen LogP contribution in [0.1, 0.15) is 11.1 Å². The Morgan fingerprint density at radius 2 is 1.87 bits per heavy atom. The molecule has 0 aliphatic carbocycles. The number of carbonyl (C=O) groups excluding carboxylic acids is 1. The molecule has 0 radical (unpaired) electrons. The molecule has 0 unspecified atom stereocenters. The summed E-state index contributed by atoms with van der Waals surface area (Å²) in [5, 5.41) is 17.3. The van der Waals surface area contributed by atoms with Crippen LogP contribution in [0.5, 0.6) is 0 Å². The van der Waals surface area contributed by atoms with Crippen LogP contribution in [0.4, 0.5) is 19.0 Å². The Bertz CT molecular complexity index is 1480. The van der Waals surface area contributed by atoms with E-state index in [1.54, 1.807) is 27.9 Å². The molecule has 38 heavy (non-hydrogen) atoms. The van der Waals surface area contributed by atoms with E-state index in [4.69, 9.17) is 4.84 Å². The second kappa shape index (κ2) is 10.4. The Morgan fingerprint density at radius 1 is 1.11 bits per heavy atom. The highest BCUT2D eigenvalue weighted by Gasteiger charge is 2.43. The molecule has 1 aliphatic rings. The van der Waals surface area contributed by atoms with Crippen LogP contribution in [0.3, 0.4) is 0 Å². The fourth-order valence-electron chi connectivity index (χ4n) is 4.27. The molecule has 3 aromatic heterocycles. The number of carbonyl (C=O) groups is 1. The lowest BCUT2D eigenvalue weighted by Gasteiger charge is -2.30. The third-order valence-electron chi connectivity index (χ3n) is 6.05. The van der Waals surface area contributed by atoms with Gasteiger partial charge in [0.25, 0.3) is 0 Å². The first kappa shape index (κ1) is 25.0. The second-order valence-electron chi connectivity index (χ2n) is 8.63. The van der Waals surface area contributed by atoms with Gasteiger partial charge in [-0.15, -0.1) is 0 Å². The quantitative estimate of drug-likeness (QED) is 0.416. The zero-order valence-electron chi connectivity index (χ0n) is 20.0. The van der Waals surface area contributed by atoms with Gasteiger partial charge in [-0.3, -0.25) is 9.67 Å². The zero-order chi connectivity index (χ0) is 26.7. The number of rotatable bonds is 6. The molecule has 5 rings (SSSR count). The molecular formula is C26H22F3N7O2. The summed E-state index contributed by atoms with van der Waals surface area (Å²) < 4.78 is 42.1. The van der Waals surface area contributed by atoms with Crippen molar-refractivity contribution in [2.24, 2.45) is 0 Å². The Labute approximate surface area is 215 Å². The van der Waals surface area contributed by atoms with Crippen molar-refractivity contribution in [3.8, 4) is 28.6 Å². The lowest BCUT2D eigenvalue weighted by atomic mass is 10.1. The maximum atomic E-state index is 13.2. The number of nitrogens with one attached hydrogen (secondary N) is 1. The lowest BCUT2D eigenvalue weighted by molar-refractivity contribution is -0.199. The van der Waals surface area contributed by atoms with Gasteiger partial charge in [0.05, 0.1) is 29.7 Å². The van der Waals surface area contributed by atoms with Crippen LogP contribution < -0.4 is 15.1 Å². The fourth-order valence-corrected chi connectivity index (χ4v) is 4.27. The van der Waals surface area contributed by atoms with Crippen molar-refractivity contribution in [3.05, 3.63) is 78.2 Å². The SMILES string of the molecule is N#Cc1cc(-c2ccnc(-c3cnn(Cc4ccccc4)c3)c2)n(OC(=O)C(F)(F)F)c1N1CCNCC1. The number of nitrogens with zero attached hydrogens (tertiary/aromatic N) is 6. The third kappa shape index (κ3) is 5.23. The third-order valence-corrected chi connectivity index (χ3v) is 6.05. The molecule has 4 aromatic rings. The van der Waals surface area contributed by atoms with E-state index in [9.17, 15) is 23.2 Å². The minimum Gasteiger partial charge on any atom is -0.352 e. The first-order chi connectivity index (χ1) is 18.3. The van der Waals surface area contributed by atoms with Gasteiger partial charge in [0, 0.05) is 49.7 Å². The van der Waals surface area contributed by atoms with Crippen LogP contribution in [0.2, 0.25) is 0 Å². The number of hydrogen-bond acceptors (Lipinski definition) is 7. The van der Waals surface area contributed by atoms with Crippen molar-refractivity contribution in [3.63, 3.8) is 0 Å². The average Bonchev–Trinajstić information content (AvgIpc) is 3.54. The number of alkyl halides is 3. The van der Waals surface area contributed by atoms with Gasteiger partial charge in [0.1, 0.15) is 6.07 Å². The summed E-state index contributed by atoms with van der Waals surface area (Å²) in [7, 11) is 0. The molecule has 1 aromatic carbocycles. The van der Waals surface area contributed by atoms with E-state index in [-0.39, 0.29) is 17.1 Å². The predicted octanol–water partition coefficient (Wildman–Crippen LogP) is 3.26. The number of piperazine rings is 1. The summed E-state index contributed by atoms with van der Waals surface area (Å²) in [6.45, 7) is 2.51. The summed E-state index contributed by atoms with van der Waals surface area (Å²) in [4.78, 5) is 22.8. The molecule has 0 spiro atoms. The van der Waals surface area contributed by atoms with Crippen molar-refractivity contribution in [1.82, 2.24) is 24.8 Å².